The number of rotatable bonds is 13. The van der Waals surface area contributed by atoms with E-state index in [4.69, 9.17) is 9.97 Å². The van der Waals surface area contributed by atoms with E-state index >= 15 is 0 Å². The highest BCUT2D eigenvalue weighted by molar-refractivity contribution is 5.98. The zero-order chi connectivity index (χ0) is 36.8. The lowest BCUT2D eigenvalue weighted by Gasteiger charge is -2.39. The van der Waals surface area contributed by atoms with Gasteiger partial charge in [0.25, 0.3) is 5.91 Å². The summed E-state index contributed by atoms with van der Waals surface area (Å²) in [7, 11) is 0. The molecule has 278 valence electrons. The lowest BCUT2D eigenvalue weighted by Crippen LogP contribution is -2.59. The number of aromatic nitrogens is 2. The van der Waals surface area contributed by atoms with Crippen LogP contribution in [0.15, 0.2) is 60.9 Å². The number of benzene rings is 2. The number of carboxylic acids is 1. The molecule has 2 amide bonds. The number of carbonyl (C=O) groups excluding carboxylic acids is 2. The molecule has 1 saturated carbocycles. The molecule has 1 atom stereocenters. The van der Waals surface area contributed by atoms with Crippen LogP contribution < -0.4 is 10.2 Å². The predicted octanol–water partition coefficient (Wildman–Crippen LogP) is 7.54. The highest BCUT2D eigenvalue weighted by Crippen LogP contribution is 2.39. The van der Waals surface area contributed by atoms with Crippen molar-refractivity contribution in [3.8, 4) is 11.4 Å². The van der Waals surface area contributed by atoms with Crippen molar-refractivity contribution >= 4 is 23.5 Å². The fourth-order valence-electron chi connectivity index (χ4n) is 8.40. The summed E-state index contributed by atoms with van der Waals surface area (Å²) in [5.74, 6) is 1.25. The molecular formula is C43H57N5O4. The van der Waals surface area contributed by atoms with Gasteiger partial charge in [0.05, 0.1) is 24.0 Å². The minimum Gasteiger partial charge on any atom is -0.481 e. The lowest BCUT2D eigenvalue weighted by atomic mass is 9.72. The first-order chi connectivity index (χ1) is 25.0. The molecule has 3 aliphatic rings. The Hall–Kier alpha value is -4.27. The maximum Gasteiger partial charge on any atom is 0.310 e. The number of nitrogens with zero attached hydrogens (tertiary/aromatic N) is 4. The first kappa shape index (κ1) is 37.5. The molecule has 2 aliphatic heterocycles. The topological polar surface area (TPSA) is 116 Å². The van der Waals surface area contributed by atoms with Crippen LogP contribution in [0.25, 0.3) is 11.4 Å². The molecule has 2 aromatic carbocycles. The van der Waals surface area contributed by atoms with E-state index in [0.717, 1.165) is 59.6 Å². The number of nitrogens with one attached hydrogen (secondary N) is 1. The Morgan fingerprint density at radius 3 is 2.06 bits per heavy atom. The molecule has 1 aromatic heterocycles. The Morgan fingerprint density at radius 2 is 1.48 bits per heavy atom. The Labute approximate surface area is 309 Å². The Morgan fingerprint density at radius 1 is 0.865 bits per heavy atom. The largest absolute Gasteiger partial charge is 0.481 e. The molecular weight excluding hydrogens is 651 g/mol. The number of anilines is 1. The molecule has 2 saturated heterocycles. The maximum absolute atomic E-state index is 13.6. The number of hydrogen-bond acceptors (Lipinski definition) is 6. The highest BCUT2D eigenvalue weighted by Gasteiger charge is 2.39. The predicted molar refractivity (Wildman–Crippen MR) is 205 cm³/mol. The number of carboxylic acid groups (broad SMARTS) is 1. The van der Waals surface area contributed by atoms with Gasteiger partial charge in [-0.15, -0.1) is 0 Å². The third-order valence-corrected chi connectivity index (χ3v) is 12.4. The van der Waals surface area contributed by atoms with Crippen LogP contribution in [0.5, 0.6) is 0 Å². The molecule has 0 radical (unpaired) electrons. The number of carbonyl (C=O) groups is 3. The summed E-state index contributed by atoms with van der Waals surface area (Å²) in [5, 5.41) is 12.3. The van der Waals surface area contributed by atoms with Crippen LogP contribution in [-0.2, 0) is 21.4 Å². The van der Waals surface area contributed by atoms with E-state index in [1.807, 2.05) is 48.8 Å². The molecule has 2 N–H and O–H groups in total. The molecule has 3 aromatic rings. The van der Waals surface area contributed by atoms with Crippen LogP contribution in [0.4, 0.5) is 5.69 Å². The van der Waals surface area contributed by atoms with Crippen molar-refractivity contribution in [3.63, 3.8) is 0 Å². The monoisotopic (exact) mass is 707 g/mol. The molecule has 1 aliphatic carbocycles. The number of aliphatic carboxylic acids is 1. The third-order valence-electron chi connectivity index (χ3n) is 12.4. The molecule has 52 heavy (non-hydrogen) atoms. The fourth-order valence-corrected chi connectivity index (χ4v) is 8.40. The van der Waals surface area contributed by atoms with E-state index < -0.39 is 17.9 Å². The third kappa shape index (κ3) is 8.84. The molecule has 6 rings (SSSR count). The average Bonchev–Trinajstić information content (AvgIpc) is 3.14. The van der Waals surface area contributed by atoms with Gasteiger partial charge in [-0.05, 0) is 78.5 Å². The second-order valence-corrected chi connectivity index (χ2v) is 16.2. The molecule has 0 spiro atoms. The molecule has 3 heterocycles. The van der Waals surface area contributed by atoms with Gasteiger partial charge in [-0.25, -0.2) is 9.97 Å². The van der Waals surface area contributed by atoms with Crippen molar-refractivity contribution in [2.75, 3.05) is 31.1 Å². The second kappa shape index (κ2) is 16.6. The summed E-state index contributed by atoms with van der Waals surface area (Å²) in [6.07, 6.45) is 16.0. The van der Waals surface area contributed by atoms with Gasteiger partial charge in [0.15, 0.2) is 5.82 Å². The zero-order valence-corrected chi connectivity index (χ0v) is 31.5. The summed E-state index contributed by atoms with van der Waals surface area (Å²) in [5.41, 5.74) is 4.44. The quantitative estimate of drug-likeness (QED) is 0.189. The zero-order valence-electron chi connectivity index (χ0n) is 31.5. The van der Waals surface area contributed by atoms with Crippen molar-refractivity contribution in [2.45, 2.75) is 103 Å². The van der Waals surface area contributed by atoms with E-state index in [-0.39, 0.29) is 36.7 Å². The van der Waals surface area contributed by atoms with Crippen LogP contribution in [0.1, 0.15) is 107 Å². The van der Waals surface area contributed by atoms with Crippen molar-refractivity contribution in [1.82, 2.24) is 20.2 Å². The minimum absolute atomic E-state index is 0.00515. The first-order valence-corrected chi connectivity index (χ1v) is 19.6. The number of amides is 2. The van der Waals surface area contributed by atoms with Crippen LogP contribution in [-0.4, -0.2) is 70.0 Å². The van der Waals surface area contributed by atoms with Gasteiger partial charge in [-0.3, -0.25) is 14.4 Å². The van der Waals surface area contributed by atoms with Gasteiger partial charge in [0, 0.05) is 43.7 Å². The number of likely N-dealkylation sites (tertiary alicyclic amines) is 1. The van der Waals surface area contributed by atoms with Gasteiger partial charge >= 0.3 is 5.97 Å². The number of hydrogen-bond donors (Lipinski definition) is 2. The molecule has 0 unspecified atom stereocenters. The maximum atomic E-state index is 13.6. The van der Waals surface area contributed by atoms with Crippen molar-refractivity contribution in [2.24, 2.45) is 23.7 Å². The Bertz CT molecular complexity index is 1650. The van der Waals surface area contributed by atoms with Gasteiger partial charge in [0.2, 0.25) is 5.91 Å². The number of piperidine rings is 1. The first-order valence-electron chi connectivity index (χ1n) is 19.6. The second-order valence-electron chi connectivity index (χ2n) is 16.2. The van der Waals surface area contributed by atoms with Gasteiger partial charge in [-0.1, -0.05) is 89.8 Å². The summed E-state index contributed by atoms with van der Waals surface area (Å²) in [6.45, 7) is 11.2. The summed E-state index contributed by atoms with van der Waals surface area (Å²) in [4.78, 5) is 51.7. The molecule has 0 bridgehead atoms. The van der Waals surface area contributed by atoms with E-state index in [1.165, 1.54) is 56.3 Å². The Balaban J connectivity index is 1.06. The SMILES string of the molecule is CCC[C@H]1CC[C@H](C2CCN(c3cnc(-c4ccc(C[C@H](NC(=O)c5ccc(C(C)(C)CC)cc5)C(=O)N5CC(C(=O)O)C5)cc4)nc3)CC2)CC1. The summed E-state index contributed by atoms with van der Waals surface area (Å²) in [6, 6.07) is 14.5. The summed E-state index contributed by atoms with van der Waals surface area (Å²) >= 11 is 0. The van der Waals surface area contributed by atoms with E-state index in [2.05, 4.69) is 37.9 Å². The molecule has 3 fully saturated rings. The normalized spacial score (nSPS) is 20.6. The lowest BCUT2D eigenvalue weighted by molar-refractivity contribution is -0.153. The van der Waals surface area contributed by atoms with Crippen molar-refractivity contribution < 1.29 is 19.5 Å². The van der Waals surface area contributed by atoms with Gasteiger partial charge in [0.1, 0.15) is 6.04 Å². The van der Waals surface area contributed by atoms with E-state index in [1.54, 1.807) is 12.1 Å². The highest BCUT2D eigenvalue weighted by atomic mass is 16.4. The smallest absolute Gasteiger partial charge is 0.310 e. The molecule has 9 nitrogen and oxygen atoms in total. The standard InChI is InChI=1S/C43H57N5O4/c1-5-7-29-8-12-31(13-9-29)32-20-22-47(23-21-32)37-25-44-39(45-26-37)33-14-10-30(11-15-33)24-38(41(50)48-27-35(28-48)42(51)52)46-40(49)34-16-18-36(19-17-34)43(3,4)6-2/h10-11,14-19,25-26,29,31-32,35,38H,5-9,12-13,20-24,27-28H2,1-4H3,(H,46,49)(H,51,52)/t29-,31-,38-/m0/s1. The average molecular weight is 708 g/mol. The molecule has 9 heteroatoms. The van der Waals surface area contributed by atoms with E-state index in [0.29, 0.717) is 11.4 Å². The minimum atomic E-state index is -0.912. The van der Waals surface area contributed by atoms with Crippen LogP contribution in [0.3, 0.4) is 0 Å². The van der Waals surface area contributed by atoms with Crippen LogP contribution in [0.2, 0.25) is 0 Å². The van der Waals surface area contributed by atoms with Crippen LogP contribution >= 0.6 is 0 Å². The van der Waals surface area contributed by atoms with Crippen LogP contribution in [0, 0.1) is 23.7 Å². The van der Waals surface area contributed by atoms with Gasteiger partial charge < -0.3 is 20.2 Å². The van der Waals surface area contributed by atoms with Gasteiger partial charge in [-0.2, -0.15) is 0 Å². The van der Waals surface area contributed by atoms with Crippen molar-refractivity contribution in [1.29, 1.82) is 0 Å². The van der Waals surface area contributed by atoms with Crippen molar-refractivity contribution in [3.05, 3.63) is 77.6 Å². The fraction of sp³-hybridized carbons (Fsp3) is 0.558. The van der Waals surface area contributed by atoms with E-state index in [9.17, 15) is 19.5 Å². The summed E-state index contributed by atoms with van der Waals surface area (Å²) < 4.78 is 0. The Kier molecular flexibility index (Phi) is 12.0.